The van der Waals surface area contributed by atoms with E-state index in [0.29, 0.717) is 6.42 Å². The molecule has 1 saturated carbocycles. The summed E-state index contributed by atoms with van der Waals surface area (Å²) in [5, 5.41) is 5.93. The Kier molecular flexibility index (Phi) is 6.07. The van der Waals surface area contributed by atoms with Crippen molar-refractivity contribution in [1.82, 2.24) is 15.2 Å². The van der Waals surface area contributed by atoms with E-state index in [9.17, 15) is 9.59 Å². The highest BCUT2D eigenvalue weighted by Crippen LogP contribution is 2.26. The van der Waals surface area contributed by atoms with Gasteiger partial charge in [-0.2, -0.15) is 0 Å². The van der Waals surface area contributed by atoms with Crippen LogP contribution in [-0.2, 0) is 23.0 Å². The Morgan fingerprint density at radius 2 is 2.22 bits per heavy atom. The highest BCUT2D eigenvalue weighted by Gasteiger charge is 2.31. The molecule has 0 aliphatic heterocycles. The molecule has 1 aliphatic carbocycles. The summed E-state index contributed by atoms with van der Waals surface area (Å²) >= 11 is 0. The molecular weight excluding hydrogens is 294 g/mol. The molecule has 0 unspecified atom stereocenters. The Hall–Kier alpha value is -1.98. The zero-order valence-corrected chi connectivity index (χ0v) is 14.2. The SMILES string of the molecule is COC(=O)[C@H]1CC[C@@H](NC(=O)N[C@H](C)CCc2cccn2C)C1. The van der Waals surface area contributed by atoms with Crippen LogP contribution < -0.4 is 10.6 Å². The lowest BCUT2D eigenvalue weighted by molar-refractivity contribution is -0.145. The topological polar surface area (TPSA) is 72.4 Å². The molecule has 0 spiro atoms. The van der Waals surface area contributed by atoms with Crippen molar-refractivity contribution in [3.05, 3.63) is 24.0 Å². The zero-order valence-electron chi connectivity index (χ0n) is 14.2. The van der Waals surface area contributed by atoms with Crippen molar-refractivity contribution in [1.29, 1.82) is 0 Å². The first-order valence-electron chi connectivity index (χ1n) is 8.24. The molecule has 0 bridgehead atoms. The van der Waals surface area contributed by atoms with Gasteiger partial charge in [-0.25, -0.2) is 4.79 Å². The molecule has 1 aromatic rings. The lowest BCUT2D eigenvalue weighted by Crippen LogP contribution is -2.45. The molecule has 23 heavy (non-hydrogen) atoms. The van der Waals surface area contributed by atoms with Gasteiger partial charge in [0.05, 0.1) is 13.0 Å². The van der Waals surface area contributed by atoms with E-state index >= 15 is 0 Å². The van der Waals surface area contributed by atoms with E-state index in [1.165, 1.54) is 12.8 Å². The largest absolute Gasteiger partial charge is 0.469 e. The molecule has 0 radical (unpaired) electrons. The highest BCUT2D eigenvalue weighted by molar-refractivity contribution is 5.75. The fourth-order valence-electron chi connectivity index (χ4n) is 3.14. The van der Waals surface area contributed by atoms with Crippen LogP contribution in [0.4, 0.5) is 4.79 Å². The summed E-state index contributed by atoms with van der Waals surface area (Å²) in [6, 6.07) is 4.12. The van der Waals surface area contributed by atoms with Crippen LogP contribution in [0.2, 0.25) is 0 Å². The smallest absolute Gasteiger partial charge is 0.315 e. The molecule has 0 aromatic carbocycles. The van der Waals surface area contributed by atoms with Crippen molar-refractivity contribution < 1.29 is 14.3 Å². The fourth-order valence-corrected chi connectivity index (χ4v) is 3.14. The number of carbonyl (C=O) groups excluding carboxylic acids is 2. The second kappa shape index (κ2) is 8.04. The van der Waals surface area contributed by atoms with Crippen molar-refractivity contribution in [3.8, 4) is 0 Å². The Morgan fingerprint density at radius 1 is 1.43 bits per heavy atom. The predicted molar refractivity (Wildman–Crippen MR) is 88.0 cm³/mol. The normalized spacial score (nSPS) is 21.7. The monoisotopic (exact) mass is 321 g/mol. The third-order valence-corrected chi connectivity index (χ3v) is 4.56. The van der Waals surface area contributed by atoms with Gasteiger partial charge in [-0.3, -0.25) is 4.79 Å². The van der Waals surface area contributed by atoms with Crippen molar-refractivity contribution in [2.24, 2.45) is 13.0 Å². The molecule has 6 heteroatoms. The van der Waals surface area contributed by atoms with Gasteiger partial charge in [0.1, 0.15) is 0 Å². The maximum Gasteiger partial charge on any atom is 0.315 e. The van der Waals surface area contributed by atoms with Crippen LogP contribution in [0.15, 0.2) is 18.3 Å². The number of ether oxygens (including phenoxy) is 1. The highest BCUT2D eigenvalue weighted by atomic mass is 16.5. The quantitative estimate of drug-likeness (QED) is 0.787. The fraction of sp³-hybridized carbons (Fsp3) is 0.647. The minimum atomic E-state index is -0.175. The zero-order chi connectivity index (χ0) is 16.8. The number of methoxy groups -OCH3 is 1. The summed E-state index contributed by atoms with van der Waals surface area (Å²) in [5.74, 6) is -0.259. The Balaban J connectivity index is 1.68. The van der Waals surface area contributed by atoms with E-state index < -0.39 is 0 Å². The maximum absolute atomic E-state index is 12.0. The Bertz CT molecular complexity index is 541. The summed E-state index contributed by atoms with van der Waals surface area (Å²) in [7, 11) is 3.43. The van der Waals surface area contributed by atoms with Gasteiger partial charge in [-0.15, -0.1) is 0 Å². The number of amides is 2. The van der Waals surface area contributed by atoms with Gasteiger partial charge in [0, 0.05) is 31.0 Å². The number of aryl methyl sites for hydroxylation is 2. The van der Waals surface area contributed by atoms with Crippen molar-refractivity contribution in [3.63, 3.8) is 0 Å². The molecule has 2 N–H and O–H groups in total. The van der Waals surface area contributed by atoms with Crippen molar-refractivity contribution >= 4 is 12.0 Å². The van der Waals surface area contributed by atoms with E-state index in [-0.39, 0.29) is 30.0 Å². The van der Waals surface area contributed by atoms with Gasteiger partial charge in [-0.05, 0) is 51.2 Å². The third kappa shape index (κ3) is 5.01. The van der Waals surface area contributed by atoms with Crippen LogP contribution in [-0.4, -0.2) is 35.8 Å². The van der Waals surface area contributed by atoms with E-state index in [4.69, 9.17) is 4.74 Å². The van der Waals surface area contributed by atoms with Crippen LogP contribution in [0.3, 0.4) is 0 Å². The number of aromatic nitrogens is 1. The van der Waals surface area contributed by atoms with E-state index in [1.54, 1.807) is 0 Å². The van der Waals surface area contributed by atoms with Crippen molar-refractivity contribution in [2.45, 2.75) is 51.1 Å². The first kappa shape index (κ1) is 17.4. The first-order chi connectivity index (χ1) is 11.0. The van der Waals surface area contributed by atoms with Gasteiger partial charge in [0.2, 0.25) is 0 Å². The number of nitrogens with one attached hydrogen (secondary N) is 2. The van der Waals surface area contributed by atoms with Gasteiger partial charge >= 0.3 is 12.0 Å². The standard InChI is InChI=1S/C17H27N3O3/c1-12(6-9-15-5-4-10-20(15)2)18-17(22)19-14-8-7-13(11-14)16(21)23-3/h4-5,10,12-14H,6-9,11H2,1-3H3,(H2,18,19,22)/t12-,13+,14-/m1/s1. The Morgan fingerprint density at radius 3 is 2.87 bits per heavy atom. The molecule has 0 saturated heterocycles. The molecule has 128 valence electrons. The minimum Gasteiger partial charge on any atom is -0.469 e. The number of rotatable bonds is 6. The molecule has 1 heterocycles. The van der Waals surface area contributed by atoms with Gasteiger partial charge in [0.15, 0.2) is 0 Å². The van der Waals surface area contributed by atoms with Gasteiger partial charge < -0.3 is 19.9 Å². The molecule has 1 aliphatic rings. The molecule has 1 aromatic heterocycles. The molecule has 2 rings (SSSR count). The van der Waals surface area contributed by atoms with Crippen LogP contribution in [0.5, 0.6) is 0 Å². The minimum absolute atomic E-state index is 0.0548. The summed E-state index contributed by atoms with van der Waals surface area (Å²) in [5.41, 5.74) is 1.26. The van der Waals surface area contributed by atoms with Crippen LogP contribution in [0, 0.1) is 5.92 Å². The van der Waals surface area contributed by atoms with Gasteiger partial charge in [0.25, 0.3) is 0 Å². The number of hydrogen-bond acceptors (Lipinski definition) is 3. The molecule has 3 atom stereocenters. The van der Waals surface area contributed by atoms with E-state index in [1.807, 2.05) is 26.2 Å². The van der Waals surface area contributed by atoms with Crippen LogP contribution >= 0.6 is 0 Å². The number of nitrogens with zero attached hydrogens (tertiary/aromatic N) is 1. The average molecular weight is 321 g/mol. The average Bonchev–Trinajstić information content (AvgIpc) is 3.13. The second-order valence-corrected chi connectivity index (χ2v) is 6.40. The van der Waals surface area contributed by atoms with Crippen LogP contribution in [0.1, 0.15) is 38.3 Å². The summed E-state index contributed by atoms with van der Waals surface area (Å²) in [6.07, 6.45) is 6.11. The number of urea groups is 1. The molecule has 2 amide bonds. The Labute approximate surface area is 137 Å². The summed E-state index contributed by atoms with van der Waals surface area (Å²) < 4.78 is 6.86. The maximum atomic E-state index is 12.0. The predicted octanol–water partition coefficient (Wildman–Crippen LogP) is 1.99. The van der Waals surface area contributed by atoms with E-state index in [0.717, 1.165) is 25.7 Å². The van der Waals surface area contributed by atoms with Crippen molar-refractivity contribution in [2.75, 3.05) is 7.11 Å². The molecular formula is C17H27N3O3. The first-order valence-corrected chi connectivity index (χ1v) is 8.24. The number of esters is 1. The lowest BCUT2D eigenvalue weighted by atomic mass is 10.1. The number of carbonyl (C=O) groups is 2. The molecule has 1 fully saturated rings. The van der Waals surface area contributed by atoms with E-state index in [2.05, 4.69) is 21.3 Å². The molecule has 6 nitrogen and oxygen atoms in total. The summed E-state index contributed by atoms with van der Waals surface area (Å²) in [6.45, 7) is 2.01. The lowest BCUT2D eigenvalue weighted by Gasteiger charge is -2.18. The van der Waals surface area contributed by atoms with Gasteiger partial charge in [-0.1, -0.05) is 0 Å². The van der Waals surface area contributed by atoms with Crippen LogP contribution in [0.25, 0.3) is 0 Å². The third-order valence-electron chi connectivity index (χ3n) is 4.56. The number of hydrogen-bond donors (Lipinski definition) is 2. The second-order valence-electron chi connectivity index (χ2n) is 6.40. The summed E-state index contributed by atoms with van der Waals surface area (Å²) in [4.78, 5) is 23.5.